The molecule has 5 rings (SSSR count). The predicted octanol–water partition coefficient (Wildman–Crippen LogP) is 4.55. The molecule has 2 heterocycles. The van der Waals surface area contributed by atoms with Crippen LogP contribution < -0.4 is 15.0 Å². The first-order chi connectivity index (χ1) is 17.8. The molecule has 0 spiro atoms. The number of halogens is 1. The van der Waals surface area contributed by atoms with Crippen LogP contribution in [0.4, 0.5) is 15.8 Å². The number of methoxy groups -OCH3 is 1. The van der Waals surface area contributed by atoms with E-state index in [-0.39, 0.29) is 23.5 Å². The molecule has 1 aliphatic rings. The number of carboxylic acids is 1. The number of anilines is 2. The smallest absolute Gasteiger partial charge is 0.303 e. The van der Waals surface area contributed by atoms with Gasteiger partial charge in [0.1, 0.15) is 22.8 Å². The lowest BCUT2D eigenvalue weighted by Gasteiger charge is -2.29. The lowest BCUT2D eigenvalue weighted by atomic mass is 9.86. The number of carboxylic acid groups (broad SMARTS) is 1. The van der Waals surface area contributed by atoms with Crippen molar-refractivity contribution in [1.29, 1.82) is 0 Å². The zero-order valence-corrected chi connectivity index (χ0v) is 19.8. The SMILES string of the molecule is COc1ccc2c(c1)N(c1ccccc1F)C(=O)[C@]2(CCC(=O)O)NC(=O)c1cc2ccccc2cn1. The van der Waals surface area contributed by atoms with Gasteiger partial charge >= 0.3 is 5.97 Å². The van der Waals surface area contributed by atoms with Gasteiger partial charge in [0, 0.05) is 29.6 Å². The highest BCUT2D eigenvalue weighted by Gasteiger charge is 2.53. The van der Waals surface area contributed by atoms with Crippen LogP contribution in [-0.4, -0.2) is 35.0 Å². The minimum Gasteiger partial charge on any atom is -0.497 e. The maximum absolute atomic E-state index is 14.9. The summed E-state index contributed by atoms with van der Waals surface area (Å²) in [5, 5.41) is 13.9. The second kappa shape index (κ2) is 9.34. The Balaban J connectivity index is 1.65. The highest BCUT2D eigenvalue weighted by Crippen LogP contribution is 2.48. The predicted molar refractivity (Wildman–Crippen MR) is 134 cm³/mol. The van der Waals surface area contributed by atoms with Crippen LogP contribution in [0.15, 0.2) is 79.0 Å². The van der Waals surface area contributed by atoms with Crippen LogP contribution in [0.3, 0.4) is 0 Å². The highest BCUT2D eigenvalue weighted by molar-refractivity contribution is 6.15. The number of hydrogen-bond acceptors (Lipinski definition) is 5. The fourth-order valence-electron chi connectivity index (χ4n) is 4.66. The number of nitrogens with one attached hydrogen (secondary N) is 1. The van der Waals surface area contributed by atoms with E-state index in [9.17, 15) is 23.9 Å². The van der Waals surface area contributed by atoms with Crippen molar-refractivity contribution in [2.75, 3.05) is 12.0 Å². The summed E-state index contributed by atoms with van der Waals surface area (Å²) in [7, 11) is 1.46. The van der Waals surface area contributed by atoms with Crippen molar-refractivity contribution in [3.63, 3.8) is 0 Å². The Hall–Kier alpha value is -4.79. The number of benzene rings is 3. The average Bonchev–Trinajstić information content (AvgIpc) is 3.14. The Kier molecular flexibility index (Phi) is 6.04. The van der Waals surface area contributed by atoms with Gasteiger partial charge in [-0.3, -0.25) is 24.3 Å². The Bertz CT molecular complexity index is 1560. The third-order valence-corrected chi connectivity index (χ3v) is 6.47. The van der Waals surface area contributed by atoms with E-state index in [4.69, 9.17) is 4.74 Å². The van der Waals surface area contributed by atoms with Crippen LogP contribution in [0.5, 0.6) is 5.75 Å². The molecule has 8 nitrogen and oxygen atoms in total. The maximum atomic E-state index is 14.9. The molecule has 2 N–H and O–H groups in total. The second-order valence-electron chi connectivity index (χ2n) is 8.64. The van der Waals surface area contributed by atoms with Crippen molar-refractivity contribution in [1.82, 2.24) is 10.3 Å². The van der Waals surface area contributed by atoms with Crippen molar-refractivity contribution >= 4 is 39.9 Å². The Morgan fingerprint density at radius 1 is 1.03 bits per heavy atom. The average molecular weight is 499 g/mol. The number of carbonyl (C=O) groups excluding carboxylic acids is 2. The van der Waals surface area contributed by atoms with Gasteiger partial charge in [-0.25, -0.2) is 4.39 Å². The third-order valence-electron chi connectivity index (χ3n) is 6.47. The van der Waals surface area contributed by atoms with Gasteiger partial charge < -0.3 is 15.2 Å². The summed E-state index contributed by atoms with van der Waals surface area (Å²) >= 11 is 0. The van der Waals surface area contributed by atoms with E-state index in [0.29, 0.717) is 11.3 Å². The number of aliphatic carboxylic acids is 1. The molecule has 37 heavy (non-hydrogen) atoms. The van der Waals surface area contributed by atoms with Crippen LogP contribution >= 0.6 is 0 Å². The molecular formula is C28H22FN3O5. The quantitative estimate of drug-likeness (QED) is 0.386. The van der Waals surface area contributed by atoms with Crippen molar-refractivity contribution in [3.05, 3.63) is 96.1 Å². The zero-order valence-electron chi connectivity index (χ0n) is 19.8. The van der Waals surface area contributed by atoms with Crippen molar-refractivity contribution in [2.24, 2.45) is 0 Å². The number of fused-ring (bicyclic) bond motifs is 2. The zero-order chi connectivity index (χ0) is 26.2. The number of ether oxygens (including phenoxy) is 1. The molecule has 3 aromatic carbocycles. The van der Waals surface area contributed by atoms with Gasteiger partial charge in [-0.05, 0) is 36.1 Å². The molecule has 0 aliphatic carbocycles. The van der Waals surface area contributed by atoms with Gasteiger partial charge in [-0.15, -0.1) is 0 Å². The largest absolute Gasteiger partial charge is 0.497 e. The van der Waals surface area contributed by atoms with Crippen LogP contribution in [0.25, 0.3) is 10.8 Å². The Morgan fingerprint density at radius 2 is 1.76 bits per heavy atom. The third kappa shape index (κ3) is 4.14. The number of aromatic nitrogens is 1. The lowest BCUT2D eigenvalue weighted by Crippen LogP contribution is -2.52. The van der Waals surface area contributed by atoms with E-state index in [1.54, 1.807) is 36.5 Å². The topological polar surface area (TPSA) is 109 Å². The first-order valence-corrected chi connectivity index (χ1v) is 11.5. The number of carbonyl (C=O) groups is 3. The molecule has 2 amide bonds. The number of nitrogens with zero attached hydrogens (tertiary/aromatic N) is 2. The lowest BCUT2D eigenvalue weighted by molar-refractivity contribution is -0.137. The summed E-state index contributed by atoms with van der Waals surface area (Å²) in [5.74, 6) is -2.74. The molecule has 0 bridgehead atoms. The molecule has 1 atom stereocenters. The summed E-state index contributed by atoms with van der Waals surface area (Å²) < 4.78 is 20.2. The minimum absolute atomic E-state index is 0.0303. The Morgan fingerprint density at radius 3 is 2.49 bits per heavy atom. The van der Waals surface area contributed by atoms with Gasteiger partial charge in [-0.1, -0.05) is 42.5 Å². The molecule has 0 unspecified atom stereocenters. The van der Waals surface area contributed by atoms with Gasteiger partial charge in [-0.2, -0.15) is 0 Å². The molecule has 1 aliphatic heterocycles. The van der Waals surface area contributed by atoms with E-state index >= 15 is 0 Å². The van der Waals surface area contributed by atoms with E-state index in [1.165, 1.54) is 25.3 Å². The second-order valence-corrected chi connectivity index (χ2v) is 8.64. The van der Waals surface area contributed by atoms with Crippen LogP contribution in [-0.2, 0) is 15.1 Å². The molecular weight excluding hydrogens is 477 g/mol. The molecule has 186 valence electrons. The standard InChI is InChI=1S/C28H22FN3O5/c1-37-19-10-11-20-24(15-19)32(23-9-5-4-8-21(23)29)27(36)28(20,13-12-25(33)34)31-26(35)22-14-17-6-2-3-7-18(17)16-30-22/h2-11,14-16H,12-13H2,1H3,(H,31,35)(H,33,34)/t28-/m1/s1. The highest BCUT2D eigenvalue weighted by atomic mass is 19.1. The molecule has 9 heteroatoms. The fourth-order valence-corrected chi connectivity index (χ4v) is 4.66. The first-order valence-electron chi connectivity index (χ1n) is 11.5. The molecule has 0 fully saturated rings. The molecule has 1 aromatic heterocycles. The maximum Gasteiger partial charge on any atom is 0.303 e. The van der Waals surface area contributed by atoms with Crippen LogP contribution in [0, 0.1) is 5.82 Å². The van der Waals surface area contributed by atoms with Gasteiger partial charge in [0.25, 0.3) is 11.8 Å². The minimum atomic E-state index is -1.79. The van der Waals surface area contributed by atoms with Crippen LogP contribution in [0.2, 0.25) is 0 Å². The summed E-state index contributed by atoms with van der Waals surface area (Å²) in [5.41, 5.74) is -1.14. The first kappa shape index (κ1) is 23.9. The van der Waals surface area contributed by atoms with Gasteiger partial charge in [0.15, 0.2) is 0 Å². The molecule has 0 saturated carbocycles. The Labute approximate surface area is 211 Å². The molecule has 4 aromatic rings. The van der Waals surface area contributed by atoms with Crippen LogP contribution in [0.1, 0.15) is 28.9 Å². The van der Waals surface area contributed by atoms with E-state index in [0.717, 1.165) is 15.7 Å². The van der Waals surface area contributed by atoms with Crippen molar-refractivity contribution in [2.45, 2.75) is 18.4 Å². The van der Waals surface area contributed by atoms with E-state index < -0.39 is 35.6 Å². The number of rotatable bonds is 7. The number of amides is 2. The summed E-state index contributed by atoms with van der Waals surface area (Å²) in [4.78, 5) is 44.6. The van der Waals surface area contributed by atoms with E-state index in [2.05, 4.69) is 10.3 Å². The van der Waals surface area contributed by atoms with E-state index in [1.807, 2.05) is 24.3 Å². The number of pyridine rings is 1. The van der Waals surface area contributed by atoms with Gasteiger partial charge in [0.05, 0.1) is 18.5 Å². The van der Waals surface area contributed by atoms with Gasteiger partial charge in [0.2, 0.25) is 0 Å². The molecule has 0 saturated heterocycles. The van der Waals surface area contributed by atoms with Crippen molar-refractivity contribution in [3.8, 4) is 5.75 Å². The summed E-state index contributed by atoms with van der Waals surface area (Å²) in [6.45, 7) is 0. The fraction of sp³-hybridized carbons (Fsp3) is 0.143. The number of para-hydroxylation sites is 1. The summed E-state index contributed by atoms with van der Waals surface area (Å²) in [6, 6.07) is 19.5. The number of hydrogen-bond donors (Lipinski definition) is 2. The van der Waals surface area contributed by atoms with Crippen molar-refractivity contribution < 1.29 is 28.6 Å². The summed E-state index contributed by atoms with van der Waals surface area (Å²) in [6.07, 6.45) is 0.869. The normalized spacial score (nSPS) is 16.5. The molecule has 0 radical (unpaired) electrons. The monoisotopic (exact) mass is 499 g/mol.